The Bertz CT molecular complexity index is 170. The van der Waals surface area contributed by atoms with Crippen LogP contribution in [-0.2, 0) is 4.79 Å². The molecule has 1 aliphatic rings. The van der Waals surface area contributed by atoms with Crippen molar-refractivity contribution >= 4 is 17.9 Å². The topological polar surface area (TPSA) is 41.1 Å². The van der Waals surface area contributed by atoms with Crippen LogP contribution in [0.1, 0.15) is 39.0 Å². The van der Waals surface area contributed by atoms with E-state index in [0.29, 0.717) is 0 Å². The molecule has 1 heterocycles. The van der Waals surface area contributed by atoms with E-state index in [9.17, 15) is 4.79 Å². The number of carbonyl (C=O) groups is 1. The second-order valence-electron chi connectivity index (χ2n) is 3.66. The van der Waals surface area contributed by atoms with Crippen LogP contribution in [0, 0.1) is 0 Å². The maximum Gasteiger partial charge on any atom is 0.237 e. The van der Waals surface area contributed by atoms with E-state index < -0.39 is 0 Å². The predicted octanol–water partition coefficient (Wildman–Crippen LogP) is 1.69. The Morgan fingerprint density at radius 2 is 2.43 bits per heavy atom. The van der Waals surface area contributed by atoms with E-state index in [0.717, 1.165) is 31.6 Å². The van der Waals surface area contributed by atoms with Gasteiger partial charge in [-0.05, 0) is 19.3 Å². The first kappa shape index (κ1) is 11.9. The van der Waals surface area contributed by atoms with Crippen LogP contribution < -0.4 is 10.0 Å². The van der Waals surface area contributed by atoms with Crippen LogP contribution in [0.4, 0.5) is 0 Å². The van der Waals surface area contributed by atoms with Gasteiger partial charge in [0.2, 0.25) is 5.91 Å². The first-order valence-corrected chi connectivity index (χ1v) is 6.48. The summed E-state index contributed by atoms with van der Waals surface area (Å²) in [7, 11) is 0. The van der Waals surface area contributed by atoms with Crippen LogP contribution in [0.2, 0.25) is 0 Å². The van der Waals surface area contributed by atoms with E-state index in [1.54, 1.807) is 11.9 Å². The van der Waals surface area contributed by atoms with E-state index in [4.69, 9.17) is 0 Å². The van der Waals surface area contributed by atoms with Crippen LogP contribution >= 0.6 is 11.9 Å². The Balaban J connectivity index is 2.07. The van der Waals surface area contributed by atoms with Gasteiger partial charge in [0.1, 0.15) is 0 Å². The van der Waals surface area contributed by atoms with Gasteiger partial charge in [0.05, 0.1) is 6.04 Å². The minimum atomic E-state index is 0.0374. The Labute approximate surface area is 90.5 Å². The number of unbranched alkanes of at least 4 members (excludes halogenated alkanes) is 2. The zero-order valence-corrected chi connectivity index (χ0v) is 9.66. The molecule has 2 N–H and O–H groups in total. The van der Waals surface area contributed by atoms with Gasteiger partial charge >= 0.3 is 0 Å². The van der Waals surface area contributed by atoms with Crippen LogP contribution in [0.25, 0.3) is 0 Å². The van der Waals surface area contributed by atoms with Crippen molar-refractivity contribution in [2.24, 2.45) is 0 Å². The Hall–Kier alpha value is -0.220. The average Bonchev–Trinajstić information content (AvgIpc) is 2.25. The molecule has 1 aliphatic heterocycles. The molecule has 1 saturated heterocycles. The van der Waals surface area contributed by atoms with Gasteiger partial charge in [-0.1, -0.05) is 31.7 Å². The zero-order valence-electron chi connectivity index (χ0n) is 8.84. The standard InChI is InChI=1S/C10H20N2OS/c1-2-3-4-7-11-10(13)9-6-5-8-14-12-9/h9,12H,2-8H2,1H3,(H,11,13). The molecule has 1 amide bonds. The molecule has 4 heteroatoms. The highest BCUT2D eigenvalue weighted by molar-refractivity contribution is 7.97. The molecule has 14 heavy (non-hydrogen) atoms. The largest absolute Gasteiger partial charge is 0.355 e. The fourth-order valence-electron chi connectivity index (χ4n) is 1.47. The normalized spacial score (nSPS) is 21.9. The molecule has 3 nitrogen and oxygen atoms in total. The Morgan fingerprint density at radius 3 is 3.07 bits per heavy atom. The lowest BCUT2D eigenvalue weighted by atomic mass is 10.1. The van der Waals surface area contributed by atoms with Crippen molar-refractivity contribution in [3.05, 3.63) is 0 Å². The SMILES string of the molecule is CCCCCNC(=O)C1CCCSN1. The second kappa shape index (κ2) is 7.12. The van der Waals surface area contributed by atoms with Crippen LogP contribution in [0.5, 0.6) is 0 Å². The van der Waals surface area contributed by atoms with Crippen molar-refractivity contribution in [3.63, 3.8) is 0 Å². The van der Waals surface area contributed by atoms with Crippen LogP contribution in [0.15, 0.2) is 0 Å². The van der Waals surface area contributed by atoms with Gasteiger partial charge in [0.25, 0.3) is 0 Å². The summed E-state index contributed by atoms with van der Waals surface area (Å²) in [6.45, 7) is 3.00. The highest BCUT2D eigenvalue weighted by Crippen LogP contribution is 2.12. The molecular formula is C10H20N2OS. The quantitative estimate of drug-likeness (QED) is 0.543. The molecule has 0 radical (unpaired) electrons. The van der Waals surface area contributed by atoms with Crippen molar-refractivity contribution in [2.45, 2.75) is 45.1 Å². The molecule has 0 aromatic heterocycles. The number of carbonyl (C=O) groups excluding carboxylic acids is 1. The van der Waals surface area contributed by atoms with Gasteiger partial charge in [-0.3, -0.25) is 9.52 Å². The molecule has 0 spiro atoms. The molecule has 0 aromatic rings. The Morgan fingerprint density at radius 1 is 1.57 bits per heavy atom. The number of amides is 1. The fourth-order valence-corrected chi connectivity index (χ4v) is 2.33. The summed E-state index contributed by atoms with van der Waals surface area (Å²) in [5.41, 5.74) is 0. The lowest BCUT2D eigenvalue weighted by molar-refractivity contribution is -0.122. The number of rotatable bonds is 5. The first-order valence-electron chi connectivity index (χ1n) is 5.49. The van der Waals surface area contributed by atoms with E-state index in [-0.39, 0.29) is 11.9 Å². The Kier molecular flexibility index (Phi) is 6.03. The molecular weight excluding hydrogens is 196 g/mol. The summed E-state index contributed by atoms with van der Waals surface area (Å²) >= 11 is 1.66. The van der Waals surface area contributed by atoms with Gasteiger partial charge in [-0.2, -0.15) is 0 Å². The lowest BCUT2D eigenvalue weighted by Gasteiger charge is -2.21. The summed E-state index contributed by atoms with van der Waals surface area (Å²) in [4.78, 5) is 11.6. The lowest BCUT2D eigenvalue weighted by Crippen LogP contribution is -2.43. The second-order valence-corrected chi connectivity index (χ2v) is 4.59. The van der Waals surface area contributed by atoms with Gasteiger partial charge in [-0.25, -0.2) is 0 Å². The summed E-state index contributed by atoms with van der Waals surface area (Å²) in [5.74, 6) is 1.30. The third-order valence-corrected chi connectivity index (χ3v) is 3.30. The number of hydrogen-bond donors (Lipinski definition) is 2. The van der Waals surface area contributed by atoms with Gasteiger partial charge in [0, 0.05) is 12.3 Å². The fraction of sp³-hybridized carbons (Fsp3) is 0.900. The molecule has 1 fully saturated rings. The van der Waals surface area contributed by atoms with E-state index >= 15 is 0 Å². The van der Waals surface area contributed by atoms with Crippen molar-refractivity contribution < 1.29 is 4.79 Å². The number of nitrogens with one attached hydrogen (secondary N) is 2. The molecule has 1 rings (SSSR count). The first-order chi connectivity index (χ1) is 6.84. The third-order valence-electron chi connectivity index (χ3n) is 2.36. The van der Waals surface area contributed by atoms with Crippen molar-refractivity contribution in [1.82, 2.24) is 10.0 Å². The summed E-state index contributed by atoms with van der Waals surface area (Å²) in [5, 5.41) is 2.97. The minimum absolute atomic E-state index is 0.0374. The van der Waals surface area contributed by atoms with Gasteiger partial charge < -0.3 is 5.32 Å². The van der Waals surface area contributed by atoms with E-state index in [1.165, 1.54) is 12.8 Å². The molecule has 1 unspecified atom stereocenters. The monoisotopic (exact) mass is 216 g/mol. The molecule has 0 aromatic carbocycles. The van der Waals surface area contributed by atoms with Crippen molar-refractivity contribution in [1.29, 1.82) is 0 Å². The highest BCUT2D eigenvalue weighted by Gasteiger charge is 2.19. The van der Waals surface area contributed by atoms with Crippen molar-refractivity contribution in [2.75, 3.05) is 12.3 Å². The third kappa shape index (κ3) is 4.33. The predicted molar refractivity (Wildman–Crippen MR) is 61.2 cm³/mol. The average molecular weight is 216 g/mol. The highest BCUT2D eigenvalue weighted by atomic mass is 32.2. The smallest absolute Gasteiger partial charge is 0.237 e. The van der Waals surface area contributed by atoms with Gasteiger partial charge in [0.15, 0.2) is 0 Å². The molecule has 1 atom stereocenters. The summed E-state index contributed by atoms with van der Waals surface area (Å²) in [6.07, 6.45) is 5.62. The molecule has 0 bridgehead atoms. The zero-order chi connectivity index (χ0) is 10.2. The van der Waals surface area contributed by atoms with E-state index in [2.05, 4.69) is 17.0 Å². The maximum absolute atomic E-state index is 11.6. The van der Waals surface area contributed by atoms with Crippen LogP contribution in [-0.4, -0.2) is 24.2 Å². The molecule has 0 saturated carbocycles. The van der Waals surface area contributed by atoms with Crippen LogP contribution in [0.3, 0.4) is 0 Å². The molecule has 0 aliphatic carbocycles. The summed E-state index contributed by atoms with van der Waals surface area (Å²) < 4.78 is 3.16. The number of hydrogen-bond acceptors (Lipinski definition) is 3. The maximum atomic E-state index is 11.6. The minimum Gasteiger partial charge on any atom is -0.355 e. The van der Waals surface area contributed by atoms with Crippen molar-refractivity contribution in [3.8, 4) is 0 Å². The summed E-state index contributed by atoms with van der Waals surface area (Å²) in [6, 6.07) is 0.0374. The van der Waals surface area contributed by atoms with Gasteiger partial charge in [-0.15, -0.1) is 0 Å². The van der Waals surface area contributed by atoms with E-state index in [1.807, 2.05) is 0 Å². The molecule has 82 valence electrons.